The first-order chi connectivity index (χ1) is 24.5. The molecule has 2 saturated heterocycles. The summed E-state index contributed by atoms with van der Waals surface area (Å²) in [5.41, 5.74) is 5.15. The van der Waals surface area contributed by atoms with Crippen molar-refractivity contribution in [3.8, 4) is 11.1 Å². The predicted molar refractivity (Wildman–Crippen MR) is 180 cm³/mol. The van der Waals surface area contributed by atoms with E-state index >= 15 is 0 Å². The number of ether oxygens (including phenoxy) is 1. The van der Waals surface area contributed by atoms with Gasteiger partial charge in [-0.3, -0.25) is 34.5 Å². The fourth-order valence-corrected chi connectivity index (χ4v) is 6.77. The molecule has 2 fully saturated rings. The van der Waals surface area contributed by atoms with E-state index in [1.54, 1.807) is 18.3 Å². The summed E-state index contributed by atoms with van der Waals surface area (Å²) in [7, 11) is 0. The zero-order valence-electron chi connectivity index (χ0n) is 27.5. The Morgan fingerprint density at radius 3 is 2.55 bits per heavy atom. The summed E-state index contributed by atoms with van der Waals surface area (Å²) in [4.78, 5) is 63.8. The van der Waals surface area contributed by atoms with E-state index in [9.17, 15) is 32.3 Å². The number of halogens is 3. The second-order valence-corrected chi connectivity index (χ2v) is 12.7. The minimum atomic E-state index is -4.58. The maximum atomic E-state index is 13.5. The molecule has 0 spiro atoms. The molecule has 2 N–H and O–H groups in total. The van der Waals surface area contributed by atoms with Crippen LogP contribution in [0.3, 0.4) is 0 Å². The number of amides is 4. The molecule has 0 aliphatic carbocycles. The molecular formula is C37H33F3N6O5. The molecule has 0 bridgehead atoms. The van der Waals surface area contributed by atoms with Crippen LogP contribution in [0.25, 0.3) is 11.1 Å². The largest absolute Gasteiger partial charge is 0.416 e. The Morgan fingerprint density at radius 2 is 1.78 bits per heavy atom. The molecule has 5 heterocycles. The Balaban J connectivity index is 1.18. The molecule has 3 aliphatic heterocycles. The normalized spacial score (nSPS) is 17.7. The van der Waals surface area contributed by atoms with Crippen molar-refractivity contribution < 1.29 is 37.1 Å². The zero-order valence-corrected chi connectivity index (χ0v) is 27.5. The third-order valence-electron chi connectivity index (χ3n) is 9.44. The van der Waals surface area contributed by atoms with Gasteiger partial charge in [-0.25, -0.2) is 0 Å². The molecule has 7 rings (SSSR count). The standard InChI is InChI=1S/C37H33F3N6O5/c1-21-28(17-26(19-41-21)43-34(48)23-5-2-6-25(14-23)37(38,39)40)24-16-32(45-10-12-51-13-11-45)30(42-18-24)15-22-4-3-7-27-29(22)20-46(36(27)50)31-8-9-33(47)44-35(31)49/h2-7,14,16-19,31H,8-13,15,20H2,1H3,(H,43,48)(H,44,47,49). The maximum absolute atomic E-state index is 13.5. The third kappa shape index (κ3) is 6.91. The van der Waals surface area contributed by atoms with E-state index in [2.05, 4.69) is 20.5 Å². The van der Waals surface area contributed by atoms with E-state index in [1.165, 1.54) is 23.2 Å². The van der Waals surface area contributed by atoms with Crippen molar-refractivity contribution >= 4 is 35.0 Å². The summed E-state index contributed by atoms with van der Waals surface area (Å²) in [6.07, 6.45) is -0.579. The van der Waals surface area contributed by atoms with Crippen molar-refractivity contribution in [1.29, 1.82) is 0 Å². The number of nitrogens with zero attached hydrogens (tertiary/aromatic N) is 4. The highest BCUT2D eigenvalue weighted by atomic mass is 19.4. The molecule has 0 saturated carbocycles. The van der Waals surface area contributed by atoms with Crippen molar-refractivity contribution in [2.45, 2.75) is 44.9 Å². The van der Waals surface area contributed by atoms with Gasteiger partial charge in [0.05, 0.1) is 42.0 Å². The molecule has 2 aromatic heterocycles. The number of hydrogen-bond acceptors (Lipinski definition) is 8. The molecule has 4 amide bonds. The highest BCUT2D eigenvalue weighted by molar-refractivity contribution is 6.06. The number of anilines is 2. The Kier molecular flexibility index (Phi) is 9.02. The summed E-state index contributed by atoms with van der Waals surface area (Å²) in [5, 5.41) is 5.01. The SMILES string of the molecule is Cc1ncc(NC(=O)c2cccc(C(F)(F)F)c2)cc1-c1cnc(Cc2cccc3c2CN(C2CCC(=O)NC2=O)C3=O)c(N2CCOCC2)c1. The van der Waals surface area contributed by atoms with Crippen LogP contribution in [0.2, 0.25) is 0 Å². The molecule has 51 heavy (non-hydrogen) atoms. The molecule has 3 aliphatic rings. The van der Waals surface area contributed by atoms with Gasteiger partial charge >= 0.3 is 6.18 Å². The van der Waals surface area contributed by atoms with Gasteiger partial charge in [-0.05, 0) is 60.9 Å². The van der Waals surface area contributed by atoms with E-state index in [-0.39, 0.29) is 36.8 Å². The predicted octanol–water partition coefficient (Wildman–Crippen LogP) is 4.91. The number of alkyl halides is 3. The fourth-order valence-electron chi connectivity index (χ4n) is 6.77. The lowest BCUT2D eigenvalue weighted by atomic mass is 9.97. The molecular weight excluding hydrogens is 665 g/mol. The van der Waals surface area contributed by atoms with Crippen LogP contribution in [0.1, 0.15) is 61.6 Å². The lowest BCUT2D eigenvalue weighted by molar-refractivity contribution is -0.138. The van der Waals surface area contributed by atoms with Crippen LogP contribution in [-0.4, -0.2) is 70.8 Å². The number of carbonyl (C=O) groups is 4. The van der Waals surface area contributed by atoms with Gasteiger partial charge in [-0.2, -0.15) is 13.2 Å². The second-order valence-electron chi connectivity index (χ2n) is 12.7. The number of benzene rings is 2. The third-order valence-corrected chi connectivity index (χ3v) is 9.44. The number of aromatic nitrogens is 2. The van der Waals surface area contributed by atoms with E-state index in [1.807, 2.05) is 25.1 Å². The van der Waals surface area contributed by atoms with Crippen LogP contribution in [0.4, 0.5) is 24.5 Å². The van der Waals surface area contributed by atoms with Crippen LogP contribution in [0.15, 0.2) is 67.0 Å². The van der Waals surface area contributed by atoms with Crippen molar-refractivity contribution in [1.82, 2.24) is 20.2 Å². The molecule has 4 aromatic rings. The lowest BCUT2D eigenvalue weighted by Gasteiger charge is -2.31. The highest BCUT2D eigenvalue weighted by Crippen LogP contribution is 2.35. The number of pyridine rings is 2. The molecule has 0 radical (unpaired) electrons. The number of fused-ring (bicyclic) bond motifs is 1. The van der Waals surface area contributed by atoms with Crippen molar-refractivity contribution in [3.63, 3.8) is 0 Å². The van der Waals surface area contributed by atoms with E-state index in [0.29, 0.717) is 55.2 Å². The number of aryl methyl sites for hydroxylation is 1. The van der Waals surface area contributed by atoms with Crippen LogP contribution < -0.4 is 15.5 Å². The first-order valence-corrected chi connectivity index (χ1v) is 16.5. The smallest absolute Gasteiger partial charge is 0.378 e. The fraction of sp³-hybridized carbons (Fsp3) is 0.297. The monoisotopic (exact) mass is 698 g/mol. The molecule has 262 valence electrons. The van der Waals surface area contributed by atoms with Gasteiger partial charge in [0.15, 0.2) is 0 Å². The van der Waals surface area contributed by atoms with Crippen LogP contribution >= 0.6 is 0 Å². The number of piperidine rings is 1. The van der Waals surface area contributed by atoms with Crippen LogP contribution in [0.5, 0.6) is 0 Å². The summed E-state index contributed by atoms with van der Waals surface area (Å²) in [6, 6.07) is 12.7. The van der Waals surface area contributed by atoms with E-state index in [4.69, 9.17) is 9.72 Å². The topological polar surface area (TPSA) is 134 Å². The minimum absolute atomic E-state index is 0.137. The summed E-state index contributed by atoms with van der Waals surface area (Å²) in [6.45, 7) is 4.35. The first kappa shape index (κ1) is 33.8. The molecule has 11 nitrogen and oxygen atoms in total. The zero-order chi connectivity index (χ0) is 35.9. The molecule has 1 unspecified atom stereocenters. The number of hydrogen-bond donors (Lipinski definition) is 2. The van der Waals surface area contributed by atoms with Gasteiger partial charge in [-0.1, -0.05) is 18.2 Å². The average Bonchev–Trinajstić information content (AvgIpc) is 3.46. The van der Waals surface area contributed by atoms with Gasteiger partial charge in [0.2, 0.25) is 11.8 Å². The molecule has 2 aromatic carbocycles. The quantitative estimate of drug-likeness (QED) is 0.260. The number of carbonyl (C=O) groups excluding carboxylic acids is 4. The van der Waals surface area contributed by atoms with Crippen molar-refractivity contribution in [2.24, 2.45) is 0 Å². The Morgan fingerprint density at radius 1 is 1.00 bits per heavy atom. The number of morpholine rings is 1. The number of imide groups is 1. The van der Waals surface area contributed by atoms with Gasteiger partial charge in [0.1, 0.15) is 6.04 Å². The lowest BCUT2D eigenvalue weighted by Crippen LogP contribution is -2.52. The number of nitrogens with one attached hydrogen (secondary N) is 2. The summed E-state index contributed by atoms with van der Waals surface area (Å²) in [5.74, 6) is -1.76. The minimum Gasteiger partial charge on any atom is -0.378 e. The van der Waals surface area contributed by atoms with Gasteiger partial charge in [0.25, 0.3) is 11.8 Å². The van der Waals surface area contributed by atoms with E-state index < -0.39 is 29.6 Å². The summed E-state index contributed by atoms with van der Waals surface area (Å²) < 4.78 is 45.4. The maximum Gasteiger partial charge on any atom is 0.416 e. The Bertz CT molecular complexity index is 2060. The van der Waals surface area contributed by atoms with E-state index in [0.717, 1.165) is 40.2 Å². The number of rotatable bonds is 7. The second kappa shape index (κ2) is 13.6. The Hall–Kier alpha value is -5.63. The van der Waals surface area contributed by atoms with Crippen molar-refractivity contribution in [2.75, 3.05) is 36.5 Å². The van der Waals surface area contributed by atoms with Crippen LogP contribution in [-0.2, 0) is 33.5 Å². The van der Waals surface area contributed by atoms with Crippen LogP contribution in [0, 0.1) is 6.92 Å². The molecule has 1 atom stereocenters. The van der Waals surface area contributed by atoms with Gasteiger partial charge in [-0.15, -0.1) is 0 Å². The molecule has 14 heteroatoms. The Labute approximate surface area is 290 Å². The average molecular weight is 699 g/mol. The van der Waals surface area contributed by atoms with Gasteiger partial charge in [0, 0.05) is 66.6 Å². The first-order valence-electron chi connectivity index (χ1n) is 16.5. The van der Waals surface area contributed by atoms with Gasteiger partial charge < -0.3 is 19.9 Å². The highest BCUT2D eigenvalue weighted by Gasteiger charge is 2.40. The summed E-state index contributed by atoms with van der Waals surface area (Å²) >= 11 is 0. The van der Waals surface area contributed by atoms with Crippen molar-refractivity contribution in [3.05, 3.63) is 106 Å².